The van der Waals surface area contributed by atoms with E-state index in [0.717, 1.165) is 38.8 Å². The second kappa shape index (κ2) is 7.43. The van der Waals surface area contributed by atoms with Gasteiger partial charge in [0.15, 0.2) is 0 Å². The van der Waals surface area contributed by atoms with Crippen molar-refractivity contribution in [1.29, 1.82) is 0 Å². The molecule has 0 aromatic carbocycles. The van der Waals surface area contributed by atoms with E-state index in [1.54, 1.807) is 11.3 Å². The van der Waals surface area contributed by atoms with Gasteiger partial charge in [-0.25, -0.2) is 0 Å². The van der Waals surface area contributed by atoms with E-state index in [0.29, 0.717) is 13.0 Å². The van der Waals surface area contributed by atoms with Gasteiger partial charge in [-0.3, -0.25) is 9.59 Å². The van der Waals surface area contributed by atoms with Crippen LogP contribution in [0, 0.1) is 0 Å². The number of unbranched alkanes of at least 4 members (excludes halogenated alkanes) is 2. The van der Waals surface area contributed by atoms with Crippen LogP contribution in [0.5, 0.6) is 0 Å². The summed E-state index contributed by atoms with van der Waals surface area (Å²) in [4.78, 5) is 26.2. The minimum atomic E-state index is 0.0148. The van der Waals surface area contributed by atoms with Crippen LogP contribution in [0.4, 0.5) is 0 Å². The maximum absolute atomic E-state index is 12.1. The Kier molecular flexibility index (Phi) is 5.59. The summed E-state index contributed by atoms with van der Waals surface area (Å²) in [6, 6.07) is 2.13. The van der Waals surface area contributed by atoms with Gasteiger partial charge in [0.2, 0.25) is 11.8 Å². The highest BCUT2D eigenvalue weighted by Crippen LogP contribution is 2.24. The van der Waals surface area contributed by atoms with E-state index in [4.69, 9.17) is 0 Å². The summed E-state index contributed by atoms with van der Waals surface area (Å²) in [6.07, 6.45) is 4.47. The van der Waals surface area contributed by atoms with Crippen molar-refractivity contribution in [1.82, 2.24) is 10.2 Å². The largest absolute Gasteiger partial charge is 0.356 e. The van der Waals surface area contributed by atoms with Crippen molar-refractivity contribution in [3.05, 3.63) is 21.9 Å². The van der Waals surface area contributed by atoms with Gasteiger partial charge in [0, 0.05) is 37.9 Å². The molecule has 2 amide bonds. The summed E-state index contributed by atoms with van der Waals surface area (Å²) >= 11 is 1.80. The maximum Gasteiger partial charge on any atom is 0.222 e. The quantitative estimate of drug-likeness (QED) is 0.819. The van der Waals surface area contributed by atoms with Crippen molar-refractivity contribution in [3.63, 3.8) is 0 Å². The van der Waals surface area contributed by atoms with E-state index in [2.05, 4.69) is 16.8 Å². The SMILES string of the molecule is CC(=O)NCCCCCC(=O)N1CCc2sccc2C1. The molecular weight excluding hydrogens is 272 g/mol. The van der Waals surface area contributed by atoms with Crippen molar-refractivity contribution in [2.24, 2.45) is 0 Å². The Morgan fingerprint density at radius 2 is 2.20 bits per heavy atom. The highest BCUT2D eigenvalue weighted by molar-refractivity contribution is 7.10. The molecule has 110 valence electrons. The monoisotopic (exact) mass is 294 g/mol. The zero-order valence-corrected chi connectivity index (χ0v) is 12.8. The predicted octanol–water partition coefficient (Wildman–Crippen LogP) is 2.33. The van der Waals surface area contributed by atoms with Crippen molar-refractivity contribution in [3.8, 4) is 0 Å². The topological polar surface area (TPSA) is 49.4 Å². The van der Waals surface area contributed by atoms with Crippen LogP contribution in [0.2, 0.25) is 0 Å². The molecule has 0 radical (unpaired) electrons. The number of amides is 2. The molecule has 1 aromatic heterocycles. The summed E-state index contributed by atoms with van der Waals surface area (Å²) in [5.41, 5.74) is 1.32. The first-order valence-electron chi connectivity index (χ1n) is 7.24. The van der Waals surface area contributed by atoms with Gasteiger partial charge in [0.05, 0.1) is 0 Å². The van der Waals surface area contributed by atoms with E-state index >= 15 is 0 Å². The molecule has 0 atom stereocenters. The lowest BCUT2D eigenvalue weighted by Gasteiger charge is -2.27. The Bertz CT molecular complexity index is 470. The fourth-order valence-electron chi connectivity index (χ4n) is 2.46. The highest BCUT2D eigenvalue weighted by Gasteiger charge is 2.20. The standard InChI is InChI=1S/C15H22N2O2S/c1-12(18)16-8-4-2-3-5-15(19)17-9-6-14-13(11-17)7-10-20-14/h7,10H,2-6,8-9,11H2,1H3,(H,16,18). The third-order valence-electron chi connectivity index (χ3n) is 3.60. The molecule has 2 rings (SSSR count). The highest BCUT2D eigenvalue weighted by atomic mass is 32.1. The van der Waals surface area contributed by atoms with Gasteiger partial charge < -0.3 is 10.2 Å². The Morgan fingerprint density at radius 1 is 1.35 bits per heavy atom. The van der Waals surface area contributed by atoms with Crippen LogP contribution in [-0.2, 0) is 22.6 Å². The van der Waals surface area contributed by atoms with Crippen LogP contribution >= 0.6 is 11.3 Å². The molecule has 20 heavy (non-hydrogen) atoms. The maximum atomic E-state index is 12.1. The molecule has 1 N–H and O–H groups in total. The van der Waals surface area contributed by atoms with Crippen molar-refractivity contribution >= 4 is 23.2 Å². The van der Waals surface area contributed by atoms with E-state index in [1.165, 1.54) is 17.4 Å². The lowest BCUT2D eigenvalue weighted by atomic mass is 10.1. The van der Waals surface area contributed by atoms with Crippen LogP contribution in [0.3, 0.4) is 0 Å². The molecule has 4 nitrogen and oxygen atoms in total. The van der Waals surface area contributed by atoms with Crippen LogP contribution in [0.1, 0.15) is 43.0 Å². The molecule has 1 aliphatic heterocycles. The normalized spacial score (nSPS) is 13.9. The lowest BCUT2D eigenvalue weighted by molar-refractivity contribution is -0.132. The number of thiophene rings is 1. The fourth-order valence-corrected chi connectivity index (χ4v) is 3.35. The van der Waals surface area contributed by atoms with Crippen LogP contribution in [0.15, 0.2) is 11.4 Å². The van der Waals surface area contributed by atoms with Gasteiger partial charge in [-0.1, -0.05) is 6.42 Å². The predicted molar refractivity (Wildman–Crippen MR) is 80.6 cm³/mol. The van der Waals surface area contributed by atoms with Crippen molar-refractivity contribution in [2.75, 3.05) is 13.1 Å². The van der Waals surface area contributed by atoms with E-state index < -0.39 is 0 Å². The van der Waals surface area contributed by atoms with E-state index in [1.807, 2.05) is 4.90 Å². The molecular formula is C15H22N2O2S. The molecule has 0 aliphatic carbocycles. The third kappa shape index (κ3) is 4.34. The first kappa shape index (κ1) is 15.0. The lowest BCUT2D eigenvalue weighted by Crippen LogP contribution is -2.35. The molecule has 0 saturated carbocycles. The first-order chi connectivity index (χ1) is 9.66. The van der Waals surface area contributed by atoms with Crippen LogP contribution in [-0.4, -0.2) is 29.8 Å². The molecule has 0 saturated heterocycles. The average molecular weight is 294 g/mol. The Balaban J connectivity index is 1.62. The van der Waals surface area contributed by atoms with Gasteiger partial charge in [0.25, 0.3) is 0 Å². The summed E-state index contributed by atoms with van der Waals surface area (Å²) in [6.45, 7) is 3.88. The number of hydrogen-bond donors (Lipinski definition) is 1. The Hall–Kier alpha value is -1.36. The smallest absolute Gasteiger partial charge is 0.222 e. The summed E-state index contributed by atoms with van der Waals surface area (Å²) < 4.78 is 0. The number of rotatable bonds is 6. The molecule has 1 aromatic rings. The average Bonchev–Trinajstić information content (AvgIpc) is 2.89. The molecule has 0 fully saturated rings. The molecule has 5 heteroatoms. The number of carbonyl (C=O) groups excluding carboxylic acids is 2. The van der Waals surface area contributed by atoms with Gasteiger partial charge >= 0.3 is 0 Å². The van der Waals surface area contributed by atoms with Crippen LogP contribution in [0.25, 0.3) is 0 Å². The number of fused-ring (bicyclic) bond motifs is 1. The Morgan fingerprint density at radius 3 is 3.00 bits per heavy atom. The summed E-state index contributed by atoms with van der Waals surface area (Å²) in [5.74, 6) is 0.280. The van der Waals surface area contributed by atoms with Crippen molar-refractivity contribution < 1.29 is 9.59 Å². The number of nitrogens with zero attached hydrogens (tertiary/aromatic N) is 1. The molecule has 0 bridgehead atoms. The number of hydrogen-bond acceptors (Lipinski definition) is 3. The summed E-state index contributed by atoms with van der Waals surface area (Å²) in [7, 11) is 0. The number of nitrogens with one attached hydrogen (secondary N) is 1. The van der Waals surface area contributed by atoms with Gasteiger partial charge in [0.1, 0.15) is 0 Å². The Labute approximate surface area is 124 Å². The number of carbonyl (C=O) groups is 2. The minimum Gasteiger partial charge on any atom is -0.356 e. The van der Waals surface area contributed by atoms with Crippen LogP contribution < -0.4 is 5.32 Å². The molecule has 0 unspecified atom stereocenters. The van der Waals surface area contributed by atoms with Gasteiger partial charge in [-0.2, -0.15) is 0 Å². The molecule has 0 spiro atoms. The third-order valence-corrected chi connectivity index (χ3v) is 4.62. The van der Waals surface area contributed by atoms with E-state index in [-0.39, 0.29) is 11.8 Å². The van der Waals surface area contributed by atoms with Gasteiger partial charge in [-0.05, 0) is 36.3 Å². The molecule has 1 aliphatic rings. The second-order valence-corrected chi connectivity index (χ2v) is 6.23. The van der Waals surface area contributed by atoms with E-state index in [9.17, 15) is 9.59 Å². The minimum absolute atomic E-state index is 0.0148. The summed E-state index contributed by atoms with van der Waals surface area (Å²) in [5, 5.41) is 4.88. The van der Waals surface area contributed by atoms with Gasteiger partial charge in [-0.15, -0.1) is 11.3 Å². The first-order valence-corrected chi connectivity index (χ1v) is 8.12. The zero-order chi connectivity index (χ0) is 14.4. The fraction of sp³-hybridized carbons (Fsp3) is 0.600. The zero-order valence-electron chi connectivity index (χ0n) is 12.0. The van der Waals surface area contributed by atoms with Crippen molar-refractivity contribution in [2.45, 2.75) is 45.6 Å². The second-order valence-electron chi connectivity index (χ2n) is 5.23. The molecule has 2 heterocycles.